The predicted molar refractivity (Wildman–Crippen MR) is 79.2 cm³/mol. The van der Waals surface area contributed by atoms with E-state index >= 15 is 0 Å². The fraction of sp³-hybridized carbons (Fsp3) is 0.231. The number of amidine groups is 1. The van der Waals surface area contributed by atoms with Crippen LogP contribution in [-0.2, 0) is 0 Å². The summed E-state index contributed by atoms with van der Waals surface area (Å²) in [5.74, 6) is 1.01. The fourth-order valence-corrected chi connectivity index (χ4v) is 3.47. The van der Waals surface area contributed by atoms with Crippen molar-refractivity contribution in [2.24, 2.45) is 5.73 Å². The van der Waals surface area contributed by atoms with Crippen molar-refractivity contribution in [2.75, 3.05) is 5.75 Å². The molecule has 2 rings (SSSR count). The highest BCUT2D eigenvalue weighted by atomic mass is 32.2. The van der Waals surface area contributed by atoms with Gasteiger partial charge in [0.05, 0.1) is 5.69 Å². The fourth-order valence-electron chi connectivity index (χ4n) is 1.61. The van der Waals surface area contributed by atoms with Crippen LogP contribution >= 0.6 is 23.5 Å². The third kappa shape index (κ3) is 3.33. The molecule has 0 aliphatic rings. The van der Waals surface area contributed by atoms with E-state index in [2.05, 4.69) is 11.9 Å². The summed E-state index contributed by atoms with van der Waals surface area (Å²) >= 11 is 3.07. The van der Waals surface area contributed by atoms with Gasteiger partial charge in [-0.1, -0.05) is 13.0 Å². The number of hydrogen-bond acceptors (Lipinski definition) is 5. The highest BCUT2D eigenvalue weighted by molar-refractivity contribution is 8.00. The molecule has 0 spiro atoms. The smallest absolute Gasteiger partial charge is 0.260 e. The van der Waals surface area contributed by atoms with Gasteiger partial charge in [0.15, 0.2) is 0 Å². The average molecular weight is 293 g/mol. The molecule has 0 atom stereocenters. The van der Waals surface area contributed by atoms with Crippen LogP contribution in [-0.4, -0.2) is 16.6 Å². The third-order valence-corrected chi connectivity index (χ3v) is 4.21. The molecule has 100 valence electrons. The summed E-state index contributed by atoms with van der Waals surface area (Å²) in [6, 6.07) is 5.87. The summed E-state index contributed by atoms with van der Waals surface area (Å²) in [5.41, 5.74) is 7.31. The Balaban J connectivity index is 2.38. The third-order valence-electron chi connectivity index (χ3n) is 2.35. The Morgan fingerprint density at radius 3 is 2.74 bits per heavy atom. The molecule has 19 heavy (non-hydrogen) atoms. The summed E-state index contributed by atoms with van der Waals surface area (Å²) in [4.78, 5) is 6.17. The number of benzene rings is 1. The van der Waals surface area contributed by atoms with Gasteiger partial charge in [0.1, 0.15) is 12.1 Å². The second-order valence-electron chi connectivity index (χ2n) is 3.83. The molecule has 3 N–H and O–H groups in total. The van der Waals surface area contributed by atoms with E-state index in [4.69, 9.17) is 15.6 Å². The van der Waals surface area contributed by atoms with Crippen LogP contribution in [0.15, 0.2) is 43.9 Å². The van der Waals surface area contributed by atoms with E-state index in [-0.39, 0.29) is 5.84 Å². The van der Waals surface area contributed by atoms with E-state index in [9.17, 15) is 0 Å². The molecular weight excluding hydrogens is 278 g/mol. The van der Waals surface area contributed by atoms with E-state index in [0.717, 1.165) is 26.8 Å². The molecule has 4 nitrogen and oxygen atoms in total. The molecule has 1 aromatic heterocycles. The number of nitrogens with zero attached hydrogens (tertiary/aromatic N) is 1. The average Bonchev–Trinajstić information content (AvgIpc) is 2.75. The van der Waals surface area contributed by atoms with Crippen LogP contribution in [0.2, 0.25) is 0 Å². The monoisotopic (exact) mass is 293 g/mol. The zero-order valence-electron chi connectivity index (χ0n) is 10.8. The molecule has 2 aromatic rings. The Morgan fingerprint density at radius 2 is 2.16 bits per heavy atom. The van der Waals surface area contributed by atoms with Crippen LogP contribution in [0.5, 0.6) is 0 Å². The topological polar surface area (TPSA) is 75.9 Å². The first kappa shape index (κ1) is 14.0. The summed E-state index contributed by atoms with van der Waals surface area (Å²) in [6.45, 7) is 3.95. The zero-order valence-corrected chi connectivity index (χ0v) is 12.4. The molecule has 0 radical (unpaired) electrons. The lowest BCUT2D eigenvalue weighted by molar-refractivity contribution is 0.454. The lowest BCUT2D eigenvalue weighted by atomic mass is 10.2. The number of hydrogen-bond donors (Lipinski definition) is 2. The van der Waals surface area contributed by atoms with Gasteiger partial charge in [0.2, 0.25) is 0 Å². The molecule has 6 heteroatoms. The lowest BCUT2D eigenvalue weighted by Gasteiger charge is -2.11. The normalized spacial score (nSPS) is 10.6. The Kier molecular flexibility index (Phi) is 4.55. The number of oxazole rings is 1. The Morgan fingerprint density at radius 1 is 1.42 bits per heavy atom. The maximum absolute atomic E-state index is 7.77. The van der Waals surface area contributed by atoms with Crippen LogP contribution in [0.25, 0.3) is 0 Å². The van der Waals surface area contributed by atoms with Gasteiger partial charge < -0.3 is 10.2 Å². The maximum atomic E-state index is 7.77. The second kappa shape index (κ2) is 6.16. The van der Waals surface area contributed by atoms with Gasteiger partial charge in [-0.3, -0.25) is 5.41 Å². The van der Waals surface area contributed by atoms with Gasteiger partial charge in [-0.15, -0.1) is 11.8 Å². The summed E-state index contributed by atoms with van der Waals surface area (Å²) in [5, 5.41) is 8.33. The number of nitrogens with two attached hydrogens (primary N) is 1. The molecule has 0 unspecified atom stereocenters. The number of nitrogens with one attached hydrogen (secondary N) is 1. The van der Waals surface area contributed by atoms with E-state index in [1.165, 1.54) is 11.8 Å². The minimum absolute atomic E-state index is 0.0716. The second-order valence-corrected chi connectivity index (χ2v) is 6.13. The zero-order chi connectivity index (χ0) is 13.8. The van der Waals surface area contributed by atoms with E-state index < -0.39 is 0 Å². The SMILES string of the molecule is CCSc1cccc(Sc2nc(C)co2)c1C(=N)N. The van der Waals surface area contributed by atoms with Crippen molar-refractivity contribution in [2.45, 2.75) is 28.9 Å². The molecule has 0 amide bonds. The first-order chi connectivity index (χ1) is 9.11. The van der Waals surface area contributed by atoms with Crippen LogP contribution in [0, 0.1) is 12.3 Å². The number of nitrogen functional groups attached to an aromatic ring is 1. The molecule has 0 fully saturated rings. The van der Waals surface area contributed by atoms with E-state index in [0.29, 0.717) is 5.22 Å². The Bertz CT molecular complexity index is 595. The summed E-state index contributed by atoms with van der Waals surface area (Å²) in [7, 11) is 0. The van der Waals surface area contributed by atoms with Crippen molar-refractivity contribution in [3.05, 3.63) is 35.7 Å². The van der Waals surface area contributed by atoms with Crippen LogP contribution in [0.3, 0.4) is 0 Å². The largest absolute Gasteiger partial charge is 0.439 e. The maximum Gasteiger partial charge on any atom is 0.260 e. The molecule has 0 saturated heterocycles. The van der Waals surface area contributed by atoms with Crippen LogP contribution in [0.1, 0.15) is 18.2 Å². The van der Waals surface area contributed by atoms with Gasteiger partial charge in [0.25, 0.3) is 5.22 Å². The van der Waals surface area contributed by atoms with Crippen molar-refractivity contribution >= 4 is 29.4 Å². The van der Waals surface area contributed by atoms with Gasteiger partial charge in [0, 0.05) is 15.4 Å². The lowest BCUT2D eigenvalue weighted by Crippen LogP contribution is -2.13. The minimum atomic E-state index is 0.0716. The predicted octanol–water partition coefficient (Wildman–Crippen LogP) is 3.53. The molecule has 1 aromatic carbocycles. The van der Waals surface area contributed by atoms with Crippen molar-refractivity contribution in [1.82, 2.24) is 4.98 Å². The Hall–Kier alpha value is -1.40. The van der Waals surface area contributed by atoms with Crippen LogP contribution in [0.4, 0.5) is 0 Å². The van der Waals surface area contributed by atoms with Gasteiger partial charge in [-0.05, 0) is 36.6 Å². The van der Waals surface area contributed by atoms with Gasteiger partial charge in [-0.25, -0.2) is 4.98 Å². The van der Waals surface area contributed by atoms with Gasteiger partial charge in [-0.2, -0.15) is 0 Å². The molecule has 0 aliphatic carbocycles. The highest BCUT2D eigenvalue weighted by Crippen LogP contribution is 2.34. The van der Waals surface area contributed by atoms with Crippen molar-refractivity contribution in [3.63, 3.8) is 0 Å². The van der Waals surface area contributed by atoms with E-state index in [1.54, 1.807) is 18.0 Å². The van der Waals surface area contributed by atoms with Crippen molar-refractivity contribution in [3.8, 4) is 0 Å². The van der Waals surface area contributed by atoms with E-state index in [1.807, 2.05) is 25.1 Å². The molecule has 0 saturated carbocycles. The first-order valence-corrected chi connectivity index (χ1v) is 7.62. The molecule has 0 aliphatic heterocycles. The molecule has 0 bridgehead atoms. The number of thioether (sulfide) groups is 1. The molecule has 1 heterocycles. The van der Waals surface area contributed by atoms with Crippen molar-refractivity contribution in [1.29, 1.82) is 5.41 Å². The first-order valence-electron chi connectivity index (χ1n) is 5.82. The quantitative estimate of drug-likeness (QED) is 0.501. The summed E-state index contributed by atoms with van der Waals surface area (Å²) in [6.07, 6.45) is 1.61. The van der Waals surface area contributed by atoms with Gasteiger partial charge >= 0.3 is 0 Å². The minimum Gasteiger partial charge on any atom is -0.439 e. The molecular formula is C13H15N3OS2. The summed E-state index contributed by atoms with van der Waals surface area (Å²) < 4.78 is 5.34. The number of rotatable bonds is 5. The number of aryl methyl sites for hydroxylation is 1. The Labute approximate surface area is 120 Å². The number of aromatic nitrogens is 1. The standard InChI is InChI=1S/C13H15N3OS2/c1-3-18-9-5-4-6-10(11(9)12(14)15)19-13-16-8(2)7-17-13/h4-7H,3H2,1-2H3,(H3,14,15). The van der Waals surface area contributed by atoms with Crippen molar-refractivity contribution < 1.29 is 4.42 Å². The van der Waals surface area contributed by atoms with Crippen LogP contribution < -0.4 is 5.73 Å². The highest BCUT2D eigenvalue weighted by Gasteiger charge is 2.14.